The molecule has 2 aromatic rings. The van der Waals surface area contributed by atoms with Crippen molar-refractivity contribution in [2.45, 2.75) is 38.8 Å². The maximum atomic E-state index is 3.71. The standard InChI is InChI=1S/C16H21BrN2S/c1-2-8-18-16(12-3-4-12)13-7-9-19(10-13)11-14-5-6-15(17)20-14/h5-7,9-10,12,16,18H,2-4,8,11H2,1H3. The van der Waals surface area contributed by atoms with Crippen LogP contribution in [-0.2, 0) is 6.54 Å². The molecule has 1 atom stereocenters. The van der Waals surface area contributed by atoms with Gasteiger partial charge in [-0.1, -0.05) is 6.92 Å². The van der Waals surface area contributed by atoms with Gasteiger partial charge in [0.05, 0.1) is 10.3 Å². The van der Waals surface area contributed by atoms with Gasteiger partial charge in [0.15, 0.2) is 0 Å². The molecular weight excluding hydrogens is 332 g/mol. The maximum absolute atomic E-state index is 3.71. The first-order valence-electron chi connectivity index (χ1n) is 7.39. The second kappa shape index (κ2) is 6.46. The van der Waals surface area contributed by atoms with Gasteiger partial charge in [0.2, 0.25) is 0 Å². The van der Waals surface area contributed by atoms with Crippen molar-refractivity contribution in [3.8, 4) is 0 Å². The monoisotopic (exact) mass is 352 g/mol. The van der Waals surface area contributed by atoms with Crippen molar-refractivity contribution < 1.29 is 0 Å². The molecule has 0 radical (unpaired) electrons. The van der Waals surface area contributed by atoms with Crippen LogP contribution in [0.5, 0.6) is 0 Å². The zero-order chi connectivity index (χ0) is 13.9. The summed E-state index contributed by atoms with van der Waals surface area (Å²) < 4.78 is 3.51. The van der Waals surface area contributed by atoms with Gasteiger partial charge in [0, 0.05) is 23.3 Å². The normalized spacial score (nSPS) is 16.5. The minimum atomic E-state index is 0.561. The zero-order valence-corrected chi connectivity index (χ0v) is 14.2. The summed E-state index contributed by atoms with van der Waals surface area (Å²) >= 11 is 5.34. The van der Waals surface area contributed by atoms with E-state index in [-0.39, 0.29) is 0 Å². The number of hydrogen-bond acceptors (Lipinski definition) is 2. The summed E-state index contributed by atoms with van der Waals surface area (Å²) in [5.41, 5.74) is 1.46. The van der Waals surface area contributed by atoms with Crippen LogP contribution in [0.4, 0.5) is 0 Å². The molecule has 1 saturated carbocycles. The molecule has 20 heavy (non-hydrogen) atoms. The van der Waals surface area contributed by atoms with Gasteiger partial charge in [0.25, 0.3) is 0 Å². The number of rotatable bonds is 7. The van der Waals surface area contributed by atoms with Crippen LogP contribution in [0.2, 0.25) is 0 Å². The van der Waals surface area contributed by atoms with Crippen LogP contribution in [0.1, 0.15) is 42.7 Å². The summed E-state index contributed by atoms with van der Waals surface area (Å²) in [6.45, 7) is 4.32. The molecule has 1 aliphatic rings. The fraction of sp³-hybridized carbons (Fsp3) is 0.500. The van der Waals surface area contributed by atoms with Crippen LogP contribution in [-0.4, -0.2) is 11.1 Å². The Morgan fingerprint density at radius 1 is 1.40 bits per heavy atom. The topological polar surface area (TPSA) is 17.0 Å². The number of thiophene rings is 1. The van der Waals surface area contributed by atoms with E-state index < -0.39 is 0 Å². The van der Waals surface area contributed by atoms with E-state index in [1.165, 1.54) is 33.5 Å². The first kappa shape index (κ1) is 14.4. The van der Waals surface area contributed by atoms with Crippen molar-refractivity contribution in [1.29, 1.82) is 0 Å². The Kier molecular flexibility index (Phi) is 4.64. The quantitative estimate of drug-likeness (QED) is 0.756. The second-order valence-electron chi connectivity index (χ2n) is 5.59. The van der Waals surface area contributed by atoms with Crippen LogP contribution in [0.25, 0.3) is 0 Å². The molecule has 1 unspecified atom stereocenters. The lowest BCUT2D eigenvalue weighted by Gasteiger charge is -2.16. The number of nitrogens with one attached hydrogen (secondary N) is 1. The molecule has 0 aliphatic heterocycles. The predicted octanol–water partition coefficient (Wildman–Crippen LogP) is 4.81. The lowest BCUT2D eigenvalue weighted by atomic mass is 10.1. The average Bonchev–Trinajstić information content (AvgIpc) is 3.03. The highest BCUT2D eigenvalue weighted by Crippen LogP contribution is 2.41. The largest absolute Gasteiger partial charge is 0.349 e. The van der Waals surface area contributed by atoms with Gasteiger partial charge in [-0.2, -0.15) is 0 Å². The van der Waals surface area contributed by atoms with Crippen molar-refractivity contribution in [3.63, 3.8) is 0 Å². The molecular formula is C16H21BrN2S. The first-order chi connectivity index (χ1) is 9.76. The number of hydrogen-bond donors (Lipinski definition) is 1. The van der Waals surface area contributed by atoms with Crippen molar-refractivity contribution in [2.24, 2.45) is 5.92 Å². The molecule has 1 N–H and O–H groups in total. The Balaban J connectivity index is 1.68. The molecule has 0 amide bonds. The summed E-state index contributed by atoms with van der Waals surface area (Å²) in [4.78, 5) is 1.39. The fourth-order valence-electron chi connectivity index (χ4n) is 2.64. The fourth-order valence-corrected chi connectivity index (χ4v) is 4.14. The van der Waals surface area contributed by atoms with E-state index in [9.17, 15) is 0 Å². The van der Waals surface area contributed by atoms with Gasteiger partial charge < -0.3 is 9.88 Å². The molecule has 2 aromatic heterocycles. The summed E-state index contributed by atoms with van der Waals surface area (Å²) in [5, 5.41) is 3.71. The van der Waals surface area contributed by atoms with E-state index in [4.69, 9.17) is 0 Å². The Morgan fingerprint density at radius 2 is 2.25 bits per heavy atom. The summed E-state index contributed by atoms with van der Waals surface area (Å²) in [5.74, 6) is 0.855. The highest BCUT2D eigenvalue weighted by atomic mass is 79.9. The molecule has 4 heteroatoms. The molecule has 3 rings (SSSR count). The maximum Gasteiger partial charge on any atom is 0.0702 e. The minimum absolute atomic E-state index is 0.561. The molecule has 1 fully saturated rings. The summed E-state index contributed by atoms with van der Waals surface area (Å²) in [6.07, 6.45) is 8.49. The van der Waals surface area contributed by atoms with Crippen molar-refractivity contribution in [3.05, 3.63) is 44.8 Å². The van der Waals surface area contributed by atoms with Crippen LogP contribution in [0, 0.1) is 5.92 Å². The lowest BCUT2D eigenvalue weighted by molar-refractivity contribution is 0.480. The van der Waals surface area contributed by atoms with Crippen LogP contribution in [0.3, 0.4) is 0 Å². The van der Waals surface area contributed by atoms with Crippen molar-refractivity contribution in [2.75, 3.05) is 6.54 Å². The molecule has 0 saturated heterocycles. The molecule has 1 aliphatic carbocycles. The smallest absolute Gasteiger partial charge is 0.0702 e. The van der Waals surface area contributed by atoms with Crippen LogP contribution in [0.15, 0.2) is 34.4 Å². The van der Waals surface area contributed by atoms with Gasteiger partial charge in [0.1, 0.15) is 0 Å². The third-order valence-electron chi connectivity index (χ3n) is 3.81. The van der Waals surface area contributed by atoms with E-state index in [2.05, 4.69) is 63.3 Å². The van der Waals surface area contributed by atoms with Gasteiger partial charge >= 0.3 is 0 Å². The van der Waals surface area contributed by atoms with Crippen molar-refractivity contribution in [1.82, 2.24) is 9.88 Å². The number of nitrogens with zero attached hydrogens (tertiary/aromatic N) is 1. The minimum Gasteiger partial charge on any atom is -0.349 e. The van der Waals surface area contributed by atoms with Gasteiger partial charge in [-0.05, 0) is 71.4 Å². The van der Waals surface area contributed by atoms with E-state index in [1.54, 1.807) is 0 Å². The second-order valence-corrected chi connectivity index (χ2v) is 8.14. The highest BCUT2D eigenvalue weighted by Gasteiger charge is 2.32. The Morgan fingerprint density at radius 3 is 2.90 bits per heavy atom. The van der Waals surface area contributed by atoms with E-state index >= 15 is 0 Å². The first-order valence-corrected chi connectivity index (χ1v) is 9.00. The van der Waals surface area contributed by atoms with Gasteiger partial charge in [-0.3, -0.25) is 0 Å². The molecule has 0 bridgehead atoms. The van der Waals surface area contributed by atoms with Crippen LogP contribution < -0.4 is 5.32 Å². The highest BCUT2D eigenvalue weighted by molar-refractivity contribution is 9.11. The zero-order valence-electron chi connectivity index (χ0n) is 11.8. The SMILES string of the molecule is CCCNC(c1ccn(Cc2ccc(Br)s2)c1)C1CC1. The molecule has 0 aromatic carbocycles. The third-order valence-corrected chi connectivity index (χ3v) is 5.42. The number of halogens is 1. The molecule has 2 nitrogen and oxygen atoms in total. The van der Waals surface area contributed by atoms with E-state index in [1.807, 2.05) is 11.3 Å². The Hall–Kier alpha value is -0.580. The molecule has 0 spiro atoms. The molecule has 108 valence electrons. The molecule has 2 heterocycles. The summed E-state index contributed by atoms with van der Waals surface area (Å²) in [6, 6.07) is 7.17. The predicted molar refractivity (Wildman–Crippen MR) is 89.3 cm³/mol. The summed E-state index contributed by atoms with van der Waals surface area (Å²) in [7, 11) is 0. The van der Waals surface area contributed by atoms with E-state index in [0.717, 1.165) is 19.0 Å². The van der Waals surface area contributed by atoms with Gasteiger partial charge in [-0.25, -0.2) is 0 Å². The third kappa shape index (κ3) is 3.54. The Bertz CT molecular complexity index is 556. The van der Waals surface area contributed by atoms with Crippen molar-refractivity contribution >= 4 is 27.3 Å². The number of aromatic nitrogens is 1. The average molecular weight is 353 g/mol. The Labute approximate surface area is 133 Å². The van der Waals surface area contributed by atoms with E-state index in [0.29, 0.717) is 6.04 Å². The van der Waals surface area contributed by atoms with Gasteiger partial charge in [-0.15, -0.1) is 11.3 Å². The lowest BCUT2D eigenvalue weighted by Crippen LogP contribution is -2.23. The van der Waals surface area contributed by atoms with Crippen LogP contribution >= 0.6 is 27.3 Å².